The Kier molecular flexibility index (Phi) is 2.54. The maximum absolute atomic E-state index is 11.7. The lowest BCUT2D eigenvalue weighted by Crippen LogP contribution is -2.52. The molecule has 1 aliphatic heterocycles. The summed E-state index contributed by atoms with van der Waals surface area (Å²) in [6.45, 7) is 1.18. The minimum absolute atomic E-state index is 0.0548. The molecule has 0 bridgehead atoms. The standard InChI is InChI=1S/C10H16N2O3/c1-11-5-7(4-9(13)14)6-12(10(11)15)8-2-3-8/h7-8H,2-6H2,1H3,(H,13,14). The van der Waals surface area contributed by atoms with Crippen LogP contribution < -0.4 is 0 Å². The van der Waals surface area contributed by atoms with Gasteiger partial charge in [0.25, 0.3) is 0 Å². The molecule has 1 saturated heterocycles. The molecule has 2 aliphatic rings. The molecule has 84 valence electrons. The van der Waals surface area contributed by atoms with E-state index in [1.54, 1.807) is 11.9 Å². The number of nitrogens with zero attached hydrogens (tertiary/aromatic N) is 2. The van der Waals surface area contributed by atoms with Crippen LogP contribution in [0.25, 0.3) is 0 Å². The van der Waals surface area contributed by atoms with E-state index in [-0.39, 0.29) is 18.4 Å². The number of aliphatic carboxylic acids is 1. The fourth-order valence-corrected chi connectivity index (χ4v) is 2.17. The van der Waals surface area contributed by atoms with Crippen molar-refractivity contribution < 1.29 is 14.7 Å². The van der Waals surface area contributed by atoms with E-state index in [1.807, 2.05) is 4.90 Å². The molecule has 0 aromatic rings. The van der Waals surface area contributed by atoms with Crippen LogP contribution in [0.5, 0.6) is 0 Å². The number of urea groups is 1. The third kappa shape index (κ3) is 2.22. The molecule has 1 heterocycles. The summed E-state index contributed by atoms with van der Waals surface area (Å²) in [4.78, 5) is 25.8. The van der Waals surface area contributed by atoms with E-state index in [2.05, 4.69) is 0 Å². The first kappa shape index (κ1) is 10.3. The minimum atomic E-state index is -0.779. The van der Waals surface area contributed by atoms with Gasteiger partial charge >= 0.3 is 12.0 Å². The fourth-order valence-electron chi connectivity index (χ4n) is 2.17. The zero-order valence-corrected chi connectivity index (χ0v) is 8.85. The van der Waals surface area contributed by atoms with Crippen molar-refractivity contribution in [3.63, 3.8) is 0 Å². The lowest BCUT2D eigenvalue weighted by molar-refractivity contribution is -0.138. The van der Waals surface area contributed by atoms with E-state index in [0.29, 0.717) is 19.1 Å². The fraction of sp³-hybridized carbons (Fsp3) is 0.800. The molecule has 1 N–H and O–H groups in total. The van der Waals surface area contributed by atoms with Gasteiger partial charge in [0.05, 0.1) is 6.42 Å². The van der Waals surface area contributed by atoms with Crippen molar-refractivity contribution in [3.8, 4) is 0 Å². The monoisotopic (exact) mass is 212 g/mol. The molecule has 2 amide bonds. The molecule has 1 atom stereocenters. The molecule has 15 heavy (non-hydrogen) atoms. The minimum Gasteiger partial charge on any atom is -0.481 e. The number of amides is 2. The molecule has 1 aliphatic carbocycles. The van der Waals surface area contributed by atoms with Gasteiger partial charge in [-0.15, -0.1) is 0 Å². The van der Waals surface area contributed by atoms with E-state index < -0.39 is 5.97 Å². The van der Waals surface area contributed by atoms with E-state index in [9.17, 15) is 9.59 Å². The third-order valence-electron chi connectivity index (χ3n) is 3.01. The highest BCUT2D eigenvalue weighted by Crippen LogP contribution is 2.31. The number of carbonyl (C=O) groups is 2. The summed E-state index contributed by atoms with van der Waals surface area (Å²) in [5.41, 5.74) is 0. The van der Waals surface area contributed by atoms with Crippen molar-refractivity contribution in [1.82, 2.24) is 9.80 Å². The van der Waals surface area contributed by atoms with Crippen LogP contribution in [0.1, 0.15) is 19.3 Å². The molecule has 5 heteroatoms. The highest BCUT2D eigenvalue weighted by atomic mass is 16.4. The van der Waals surface area contributed by atoms with Crippen LogP contribution in [0.15, 0.2) is 0 Å². The summed E-state index contributed by atoms with van der Waals surface area (Å²) in [5.74, 6) is -0.704. The van der Waals surface area contributed by atoms with Crippen molar-refractivity contribution in [2.24, 2.45) is 5.92 Å². The Bertz CT molecular complexity index is 288. The van der Waals surface area contributed by atoms with Crippen LogP contribution in [0.3, 0.4) is 0 Å². The Labute approximate surface area is 88.6 Å². The number of carboxylic acids is 1. The smallest absolute Gasteiger partial charge is 0.320 e. The quantitative estimate of drug-likeness (QED) is 0.745. The Morgan fingerprint density at radius 2 is 2.13 bits per heavy atom. The van der Waals surface area contributed by atoms with Gasteiger partial charge < -0.3 is 14.9 Å². The molecule has 2 fully saturated rings. The lowest BCUT2D eigenvalue weighted by atomic mass is 10.0. The largest absolute Gasteiger partial charge is 0.481 e. The molecular weight excluding hydrogens is 196 g/mol. The predicted octanol–water partition coefficient (Wildman–Crippen LogP) is 0.607. The highest BCUT2D eigenvalue weighted by molar-refractivity contribution is 5.76. The molecule has 1 saturated carbocycles. The van der Waals surface area contributed by atoms with Gasteiger partial charge in [-0.1, -0.05) is 0 Å². The molecule has 5 nitrogen and oxygen atoms in total. The predicted molar refractivity (Wildman–Crippen MR) is 53.5 cm³/mol. The lowest BCUT2D eigenvalue weighted by Gasteiger charge is -2.38. The zero-order valence-electron chi connectivity index (χ0n) is 8.85. The second-order valence-electron chi connectivity index (χ2n) is 4.51. The normalized spacial score (nSPS) is 27.0. The maximum Gasteiger partial charge on any atom is 0.320 e. The molecule has 2 rings (SSSR count). The van der Waals surface area contributed by atoms with E-state index in [1.165, 1.54) is 0 Å². The molecule has 0 aromatic carbocycles. The zero-order chi connectivity index (χ0) is 11.0. The molecule has 0 aromatic heterocycles. The second kappa shape index (κ2) is 3.72. The SMILES string of the molecule is CN1CC(CC(=O)O)CN(C2CC2)C1=O. The van der Waals surface area contributed by atoms with Gasteiger partial charge in [0.2, 0.25) is 0 Å². The van der Waals surface area contributed by atoms with Gasteiger partial charge in [0.15, 0.2) is 0 Å². The van der Waals surface area contributed by atoms with E-state index in [0.717, 1.165) is 12.8 Å². The summed E-state index contributed by atoms with van der Waals surface area (Å²) in [6.07, 6.45) is 2.29. The summed E-state index contributed by atoms with van der Waals surface area (Å²) < 4.78 is 0. The van der Waals surface area contributed by atoms with Crippen LogP contribution in [-0.2, 0) is 4.79 Å². The number of hydrogen-bond donors (Lipinski definition) is 1. The average molecular weight is 212 g/mol. The maximum atomic E-state index is 11.7. The van der Waals surface area contributed by atoms with Gasteiger partial charge in [-0.25, -0.2) is 4.79 Å². The van der Waals surface area contributed by atoms with Gasteiger partial charge in [0, 0.05) is 32.1 Å². The van der Waals surface area contributed by atoms with Crippen molar-refractivity contribution in [2.75, 3.05) is 20.1 Å². The summed E-state index contributed by atoms with van der Waals surface area (Å²) in [6, 6.07) is 0.427. The van der Waals surface area contributed by atoms with Crippen LogP contribution in [-0.4, -0.2) is 53.1 Å². The van der Waals surface area contributed by atoms with Crippen molar-refractivity contribution >= 4 is 12.0 Å². The van der Waals surface area contributed by atoms with Crippen molar-refractivity contribution in [1.29, 1.82) is 0 Å². The van der Waals surface area contributed by atoms with Gasteiger partial charge in [-0.3, -0.25) is 4.79 Å². The van der Waals surface area contributed by atoms with Crippen LogP contribution in [0, 0.1) is 5.92 Å². The first-order chi connectivity index (χ1) is 7.08. The van der Waals surface area contributed by atoms with Gasteiger partial charge in [-0.05, 0) is 12.8 Å². The Morgan fingerprint density at radius 3 is 2.67 bits per heavy atom. The summed E-state index contributed by atoms with van der Waals surface area (Å²) >= 11 is 0. The first-order valence-electron chi connectivity index (χ1n) is 5.31. The molecule has 0 radical (unpaired) electrons. The number of hydrogen-bond acceptors (Lipinski definition) is 2. The Balaban J connectivity index is 1.99. The van der Waals surface area contributed by atoms with Gasteiger partial charge in [0.1, 0.15) is 0 Å². The van der Waals surface area contributed by atoms with Crippen molar-refractivity contribution in [3.05, 3.63) is 0 Å². The summed E-state index contributed by atoms with van der Waals surface area (Å²) in [5, 5.41) is 8.74. The van der Waals surface area contributed by atoms with Crippen molar-refractivity contribution in [2.45, 2.75) is 25.3 Å². The van der Waals surface area contributed by atoms with Crippen LogP contribution in [0.2, 0.25) is 0 Å². The Hall–Kier alpha value is -1.26. The van der Waals surface area contributed by atoms with Crippen LogP contribution in [0.4, 0.5) is 4.79 Å². The highest BCUT2D eigenvalue weighted by Gasteiger charge is 2.39. The Morgan fingerprint density at radius 1 is 1.47 bits per heavy atom. The molecule has 1 unspecified atom stereocenters. The number of carbonyl (C=O) groups excluding carboxylic acids is 1. The third-order valence-corrected chi connectivity index (χ3v) is 3.01. The first-order valence-corrected chi connectivity index (χ1v) is 5.31. The molecule has 0 spiro atoms. The van der Waals surface area contributed by atoms with E-state index in [4.69, 9.17) is 5.11 Å². The average Bonchev–Trinajstić information content (AvgIpc) is 2.93. The number of carboxylic acid groups (broad SMARTS) is 1. The van der Waals surface area contributed by atoms with Crippen LogP contribution >= 0.6 is 0 Å². The van der Waals surface area contributed by atoms with E-state index >= 15 is 0 Å². The number of rotatable bonds is 3. The summed E-state index contributed by atoms with van der Waals surface area (Å²) in [7, 11) is 1.74. The second-order valence-corrected chi connectivity index (χ2v) is 4.51. The van der Waals surface area contributed by atoms with Gasteiger partial charge in [-0.2, -0.15) is 0 Å². The topological polar surface area (TPSA) is 60.9 Å². The molecular formula is C10H16N2O3.